The Balaban J connectivity index is 4.22. The summed E-state index contributed by atoms with van der Waals surface area (Å²) in [4.78, 5) is 0. The van der Waals surface area contributed by atoms with Crippen LogP contribution < -0.4 is 0 Å². The van der Waals surface area contributed by atoms with E-state index in [1.165, 1.54) is 19.3 Å². The van der Waals surface area contributed by atoms with Gasteiger partial charge in [-0.1, -0.05) is 47.0 Å². The van der Waals surface area contributed by atoms with Crippen LogP contribution in [0.2, 0.25) is 0 Å². The fourth-order valence-corrected chi connectivity index (χ4v) is 2.04. The molecule has 0 aliphatic heterocycles. The van der Waals surface area contributed by atoms with Crippen LogP contribution in [0.25, 0.3) is 0 Å². The first-order chi connectivity index (χ1) is 10.2. The molecule has 128 valence electrons. The molecule has 0 aromatic carbocycles. The monoisotopic (exact) mass is 302 g/mol. The summed E-state index contributed by atoms with van der Waals surface area (Å²) in [6, 6.07) is 0. The lowest BCUT2D eigenvalue weighted by atomic mass is 9.88. The van der Waals surface area contributed by atoms with Gasteiger partial charge in [-0.3, -0.25) is 0 Å². The smallest absolute Gasteiger partial charge is 0.0566 e. The van der Waals surface area contributed by atoms with Crippen LogP contribution in [0.5, 0.6) is 0 Å². The molecule has 0 aromatic rings. The maximum absolute atomic E-state index is 5.88. The number of unbranched alkanes of at least 4 members (excludes halogenated alkanes) is 3. The molecule has 0 radical (unpaired) electrons. The average Bonchev–Trinajstić information content (AvgIpc) is 2.51. The predicted octanol–water partition coefficient (Wildman–Crippen LogP) is 4.83. The second-order valence-electron chi connectivity index (χ2n) is 6.07. The first-order valence-electron chi connectivity index (χ1n) is 8.97. The molecule has 0 saturated heterocycles. The van der Waals surface area contributed by atoms with Crippen LogP contribution in [-0.4, -0.2) is 39.6 Å². The van der Waals surface area contributed by atoms with E-state index in [-0.39, 0.29) is 5.41 Å². The third-order valence-corrected chi connectivity index (χ3v) is 3.90. The van der Waals surface area contributed by atoms with E-state index in [0.29, 0.717) is 0 Å². The molecule has 0 fully saturated rings. The molecule has 0 aliphatic carbocycles. The molecule has 0 saturated carbocycles. The molecule has 0 unspecified atom stereocenters. The Bertz CT molecular complexity index is 175. The van der Waals surface area contributed by atoms with Gasteiger partial charge in [0.25, 0.3) is 0 Å². The van der Waals surface area contributed by atoms with Gasteiger partial charge in [0.05, 0.1) is 19.8 Å². The summed E-state index contributed by atoms with van der Waals surface area (Å²) in [6.07, 6.45) is 7.97. The van der Waals surface area contributed by atoms with Crippen LogP contribution >= 0.6 is 0 Å². The molecule has 3 heteroatoms. The molecular formula is C18H38O3. The lowest BCUT2D eigenvalue weighted by molar-refractivity contribution is -0.0724. The number of ether oxygens (including phenoxy) is 3. The first kappa shape index (κ1) is 20.9. The minimum Gasteiger partial charge on any atom is -0.381 e. The molecule has 0 amide bonds. The number of rotatable bonds is 16. The van der Waals surface area contributed by atoms with Crippen molar-refractivity contribution in [1.29, 1.82) is 0 Å². The zero-order valence-electron chi connectivity index (χ0n) is 14.9. The molecule has 0 heterocycles. The summed E-state index contributed by atoms with van der Waals surface area (Å²) in [5.41, 5.74) is 0.0230. The van der Waals surface area contributed by atoms with Gasteiger partial charge in [0.15, 0.2) is 0 Å². The Morgan fingerprint density at radius 2 is 0.905 bits per heavy atom. The SMILES string of the molecule is CCCCOCC(CC)(COCCCC)COCCCC. The van der Waals surface area contributed by atoms with Crippen molar-refractivity contribution in [2.45, 2.75) is 72.6 Å². The van der Waals surface area contributed by atoms with Gasteiger partial charge in [-0.15, -0.1) is 0 Å². The summed E-state index contributed by atoms with van der Waals surface area (Å²) >= 11 is 0. The van der Waals surface area contributed by atoms with E-state index in [4.69, 9.17) is 14.2 Å². The second kappa shape index (κ2) is 14.8. The van der Waals surface area contributed by atoms with Gasteiger partial charge in [-0.2, -0.15) is 0 Å². The van der Waals surface area contributed by atoms with Crippen LogP contribution in [0.15, 0.2) is 0 Å². The first-order valence-corrected chi connectivity index (χ1v) is 8.97. The lowest BCUT2D eigenvalue weighted by Crippen LogP contribution is -2.37. The molecular weight excluding hydrogens is 264 g/mol. The summed E-state index contributed by atoms with van der Waals surface area (Å²) in [6.45, 7) is 13.6. The molecule has 0 rings (SSSR count). The summed E-state index contributed by atoms with van der Waals surface area (Å²) in [7, 11) is 0. The molecule has 0 aliphatic rings. The number of hydrogen-bond acceptors (Lipinski definition) is 3. The highest BCUT2D eigenvalue weighted by atomic mass is 16.5. The third-order valence-electron chi connectivity index (χ3n) is 3.90. The van der Waals surface area contributed by atoms with Crippen molar-refractivity contribution >= 4 is 0 Å². The van der Waals surface area contributed by atoms with Crippen LogP contribution in [0, 0.1) is 5.41 Å². The fourth-order valence-electron chi connectivity index (χ4n) is 2.04. The van der Waals surface area contributed by atoms with E-state index in [9.17, 15) is 0 Å². The maximum Gasteiger partial charge on any atom is 0.0566 e. The van der Waals surface area contributed by atoms with Gasteiger partial charge < -0.3 is 14.2 Å². The normalized spacial score (nSPS) is 12.0. The van der Waals surface area contributed by atoms with Gasteiger partial charge in [0, 0.05) is 25.2 Å². The Morgan fingerprint density at radius 3 is 1.14 bits per heavy atom. The van der Waals surface area contributed by atoms with Crippen molar-refractivity contribution in [3.8, 4) is 0 Å². The van der Waals surface area contributed by atoms with Gasteiger partial charge in [-0.05, 0) is 25.7 Å². The quantitative estimate of drug-likeness (QED) is 0.382. The number of hydrogen-bond donors (Lipinski definition) is 0. The maximum atomic E-state index is 5.88. The van der Waals surface area contributed by atoms with E-state index in [2.05, 4.69) is 27.7 Å². The average molecular weight is 302 g/mol. The highest BCUT2D eigenvalue weighted by Crippen LogP contribution is 2.24. The Morgan fingerprint density at radius 1 is 0.571 bits per heavy atom. The molecule has 0 aromatic heterocycles. The van der Waals surface area contributed by atoms with Crippen molar-refractivity contribution in [1.82, 2.24) is 0 Å². The highest BCUT2D eigenvalue weighted by molar-refractivity contribution is 4.77. The van der Waals surface area contributed by atoms with E-state index in [0.717, 1.165) is 65.3 Å². The lowest BCUT2D eigenvalue weighted by Gasteiger charge is -2.32. The van der Waals surface area contributed by atoms with Crippen molar-refractivity contribution in [3.05, 3.63) is 0 Å². The van der Waals surface area contributed by atoms with Crippen LogP contribution in [0.1, 0.15) is 72.6 Å². The summed E-state index contributed by atoms with van der Waals surface area (Å²) < 4.78 is 17.7. The van der Waals surface area contributed by atoms with Gasteiger partial charge in [-0.25, -0.2) is 0 Å². The fraction of sp³-hybridized carbons (Fsp3) is 1.00. The second-order valence-corrected chi connectivity index (χ2v) is 6.07. The Hall–Kier alpha value is -0.120. The molecule has 0 N–H and O–H groups in total. The van der Waals surface area contributed by atoms with E-state index >= 15 is 0 Å². The van der Waals surface area contributed by atoms with Gasteiger partial charge in [0.2, 0.25) is 0 Å². The van der Waals surface area contributed by atoms with Crippen molar-refractivity contribution in [3.63, 3.8) is 0 Å². The topological polar surface area (TPSA) is 27.7 Å². The Labute approximate surface area is 132 Å². The van der Waals surface area contributed by atoms with Crippen LogP contribution in [-0.2, 0) is 14.2 Å². The highest BCUT2D eigenvalue weighted by Gasteiger charge is 2.29. The van der Waals surface area contributed by atoms with E-state index < -0.39 is 0 Å². The zero-order valence-corrected chi connectivity index (χ0v) is 14.9. The van der Waals surface area contributed by atoms with Gasteiger partial charge in [0.1, 0.15) is 0 Å². The van der Waals surface area contributed by atoms with Crippen molar-refractivity contribution < 1.29 is 14.2 Å². The third kappa shape index (κ3) is 11.1. The molecule has 0 spiro atoms. The van der Waals surface area contributed by atoms with Crippen molar-refractivity contribution in [2.24, 2.45) is 5.41 Å². The largest absolute Gasteiger partial charge is 0.381 e. The van der Waals surface area contributed by atoms with Crippen LogP contribution in [0.3, 0.4) is 0 Å². The summed E-state index contributed by atoms with van der Waals surface area (Å²) in [5.74, 6) is 0. The van der Waals surface area contributed by atoms with E-state index in [1.54, 1.807) is 0 Å². The van der Waals surface area contributed by atoms with Crippen LogP contribution in [0.4, 0.5) is 0 Å². The molecule has 0 atom stereocenters. The summed E-state index contributed by atoms with van der Waals surface area (Å²) in [5, 5.41) is 0. The van der Waals surface area contributed by atoms with E-state index in [1.807, 2.05) is 0 Å². The Kier molecular flexibility index (Phi) is 14.7. The predicted molar refractivity (Wildman–Crippen MR) is 89.9 cm³/mol. The minimum atomic E-state index is 0.0230. The minimum absolute atomic E-state index is 0.0230. The van der Waals surface area contributed by atoms with Gasteiger partial charge >= 0.3 is 0 Å². The zero-order chi connectivity index (χ0) is 15.8. The van der Waals surface area contributed by atoms with Crippen molar-refractivity contribution in [2.75, 3.05) is 39.6 Å². The standard InChI is InChI=1S/C18H38O3/c1-5-9-12-19-15-18(8-4,16-20-13-10-6-2)17-21-14-11-7-3/h5-17H2,1-4H3. The molecule has 0 bridgehead atoms. The molecule has 3 nitrogen and oxygen atoms in total. The molecule has 21 heavy (non-hydrogen) atoms.